The molecular formula is C21H23ClN6O. The number of rotatable bonds is 6. The summed E-state index contributed by atoms with van der Waals surface area (Å²) in [5.41, 5.74) is 4.29. The monoisotopic (exact) mass is 410 g/mol. The van der Waals surface area contributed by atoms with Gasteiger partial charge in [0.05, 0.1) is 11.6 Å². The van der Waals surface area contributed by atoms with E-state index in [1.807, 2.05) is 45.4 Å². The molecule has 0 aliphatic heterocycles. The van der Waals surface area contributed by atoms with E-state index in [0.717, 1.165) is 11.2 Å². The number of carbonyl (C=O) groups is 1. The normalized spacial score (nSPS) is 11.3. The number of hydrogen-bond donors (Lipinski definition) is 1. The van der Waals surface area contributed by atoms with Crippen LogP contribution < -0.4 is 0 Å². The molecule has 1 amide bonds. The summed E-state index contributed by atoms with van der Waals surface area (Å²) in [6, 6.07) is 9.97. The smallest absolute Gasteiger partial charge is 0.274 e. The number of carbonyl (C=O) groups excluding carboxylic acids is 1. The van der Waals surface area contributed by atoms with Crippen LogP contribution in [0.3, 0.4) is 0 Å². The Morgan fingerprint density at radius 3 is 2.72 bits per heavy atom. The topological polar surface area (TPSA) is 71.7 Å². The van der Waals surface area contributed by atoms with Crippen molar-refractivity contribution in [3.63, 3.8) is 0 Å². The number of fused-ring (bicyclic) bond motifs is 1. The molecule has 150 valence electrons. The van der Waals surface area contributed by atoms with Crippen molar-refractivity contribution in [2.45, 2.75) is 19.9 Å². The van der Waals surface area contributed by atoms with E-state index < -0.39 is 0 Å². The Morgan fingerprint density at radius 2 is 2.03 bits per heavy atom. The average Bonchev–Trinajstić information content (AvgIpc) is 3.36. The number of nitrogens with zero attached hydrogens (tertiary/aromatic N) is 5. The van der Waals surface area contributed by atoms with Crippen LogP contribution >= 0.6 is 11.6 Å². The zero-order valence-electron chi connectivity index (χ0n) is 16.7. The highest BCUT2D eigenvalue weighted by Gasteiger charge is 2.22. The van der Waals surface area contributed by atoms with Gasteiger partial charge in [-0.2, -0.15) is 10.2 Å². The van der Waals surface area contributed by atoms with Gasteiger partial charge in [0.25, 0.3) is 5.91 Å². The maximum absolute atomic E-state index is 13.2. The van der Waals surface area contributed by atoms with Gasteiger partial charge < -0.3 is 9.88 Å². The lowest BCUT2D eigenvalue weighted by molar-refractivity contribution is 0.0736. The second kappa shape index (κ2) is 7.75. The van der Waals surface area contributed by atoms with Crippen LogP contribution in [0.5, 0.6) is 0 Å². The summed E-state index contributed by atoms with van der Waals surface area (Å²) in [5.74, 6) is -0.129. The van der Waals surface area contributed by atoms with E-state index >= 15 is 0 Å². The van der Waals surface area contributed by atoms with Crippen molar-refractivity contribution >= 4 is 28.4 Å². The van der Waals surface area contributed by atoms with E-state index in [4.69, 9.17) is 11.6 Å². The Kier molecular flexibility index (Phi) is 5.15. The van der Waals surface area contributed by atoms with Crippen molar-refractivity contribution in [2.75, 3.05) is 6.54 Å². The maximum Gasteiger partial charge on any atom is 0.274 e. The number of nitrogens with one attached hydrogen (secondary N) is 1. The van der Waals surface area contributed by atoms with Gasteiger partial charge in [0.1, 0.15) is 5.69 Å². The first-order valence-corrected chi connectivity index (χ1v) is 9.83. The van der Waals surface area contributed by atoms with Crippen molar-refractivity contribution in [1.82, 2.24) is 29.4 Å². The molecule has 0 saturated heterocycles. The van der Waals surface area contributed by atoms with Crippen LogP contribution in [0.1, 0.15) is 27.4 Å². The van der Waals surface area contributed by atoms with Gasteiger partial charge in [-0.05, 0) is 31.0 Å². The van der Waals surface area contributed by atoms with Gasteiger partial charge in [0.15, 0.2) is 5.69 Å². The first kappa shape index (κ1) is 19.3. The highest BCUT2D eigenvalue weighted by Crippen LogP contribution is 2.21. The minimum atomic E-state index is -0.129. The van der Waals surface area contributed by atoms with Gasteiger partial charge in [-0.3, -0.25) is 14.2 Å². The fourth-order valence-electron chi connectivity index (χ4n) is 3.47. The van der Waals surface area contributed by atoms with Crippen molar-refractivity contribution in [2.24, 2.45) is 14.1 Å². The summed E-state index contributed by atoms with van der Waals surface area (Å²) in [6.07, 6.45) is 4.46. The molecule has 3 heterocycles. The Balaban J connectivity index is 1.60. The first-order chi connectivity index (χ1) is 13.9. The van der Waals surface area contributed by atoms with E-state index in [1.165, 1.54) is 10.9 Å². The third-order valence-electron chi connectivity index (χ3n) is 5.14. The molecule has 0 unspecified atom stereocenters. The number of hydrogen-bond acceptors (Lipinski definition) is 3. The molecule has 0 aliphatic carbocycles. The first-order valence-electron chi connectivity index (χ1n) is 9.45. The second-order valence-corrected chi connectivity index (χ2v) is 7.64. The average molecular weight is 411 g/mol. The predicted molar refractivity (Wildman–Crippen MR) is 113 cm³/mol. The lowest BCUT2D eigenvalue weighted by Gasteiger charge is -2.21. The Morgan fingerprint density at radius 1 is 1.24 bits per heavy atom. The van der Waals surface area contributed by atoms with Gasteiger partial charge in [-0.15, -0.1) is 0 Å². The van der Waals surface area contributed by atoms with Crippen LogP contribution in [0.15, 0.2) is 42.7 Å². The third kappa shape index (κ3) is 3.91. The molecule has 1 aromatic carbocycles. The maximum atomic E-state index is 13.2. The molecule has 7 nitrogen and oxygen atoms in total. The second-order valence-electron chi connectivity index (χ2n) is 7.23. The molecule has 3 aromatic heterocycles. The number of amides is 1. The van der Waals surface area contributed by atoms with Crippen molar-refractivity contribution < 1.29 is 4.79 Å². The zero-order valence-corrected chi connectivity index (χ0v) is 17.4. The molecule has 0 spiro atoms. The summed E-state index contributed by atoms with van der Waals surface area (Å²) in [5, 5.41) is 10.5. The lowest BCUT2D eigenvalue weighted by atomic mass is 10.1. The summed E-state index contributed by atoms with van der Waals surface area (Å²) in [6.45, 7) is 2.79. The molecular weight excluding hydrogens is 388 g/mol. The van der Waals surface area contributed by atoms with Crippen LogP contribution in [0.4, 0.5) is 0 Å². The zero-order chi connectivity index (χ0) is 20.5. The SMILES string of the molecule is Cc1cc(C(=O)N(CCc2c[nH]c3ccccc23)Cc2nn(C)cc2Cl)nn1C. The third-order valence-corrected chi connectivity index (χ3v) is 5.46. The van der Waals surface area contributed by atoms with Crippen LogP contribution in [0.25, 0.3) is 10.9 Å². The Labute approximate surface area is 173 Å². The largest absolute Gasteiger partial charge is 0.361 e. The fourth-order valence-corrected chi connectivity index (χ4v) is 3.71. The summed E-state index contributed by atoms with van der Waals surface area (Å²) in [4.78, 5) is 18.3. The fraction of sp³-hybridized carbons (Fsp3) is 0.286. The number of benzene rings is 1. The van der Waals surface area contributed by atoms with E-state index in [9.17, 15) is 4.79 Å². The molecule has 4 rings (SSSR count). The van der Waals surface area contributed by atoms with Crippen LogP contribution in [0, 0.1) is 6.92 Å². The number of para-hydroxylation sites is 1. The van der Waals surface area contributed by atoms with Crippen LogP contribution in [-0.4, -0.2) is 41.9 Å². The molecule has 29 heavy (non-hydrogen) atoms. The predicted octanol–water partition coefficient (Wildman–Crippen LogP) is 3.48. The molecule has 4 aromatic rings. The van der Waals surface area contributed by atoms with E-state index in [-0.39, 0.29) is 5.91 Å². The van der Waals surface area contributed by atoms with Gasteiger partial charge in [-0.1, -0.05) is 29.8 Å². The van der Waals surface area contributed by atoms with Gasteiger partial charge in [0.2, 0.25) is 0 Å². The van der Waals surface area contributed by atoms with Crippen molar-refractivity contribution in [3.05, 3.63) is 70.4 Å². The quantitative estimate of drug-likeness (QED) is 0.529. The highest BCUT2D eigenvalue weighted by molar-refractivity contribution is 6.31. The summed E-state index contributed by atoms with van der Waals surface area (Å²) >= 11 is 6.30. The van der Waals surface area contributed by atoms with Gasteiger partial charge in [-0.25, -0.2) is 0 Å². The number of aryl methyl sites for hydroxylation is 3. The lowest BCUT2D eigenvalue weighted by Crippen LogP contribution is -2.33. The van der Waals surface area contributed by atoms with Crippen LogP contribution in [0.2, 0.25) is 5.02 Å². The van der Waals surface area contributed by atoms with Crippen molar-refractivity contribution in [3.8, 4) is 0 Å². The molecule has 0 bridgehead atoms. The van der Waals surface area contributed by atoms with Crippen molar-refractivity contribution in [1.29, 1.82) is 0 Å². The Bertz CT molecular complexity index is 1150. The summed E-state index contributed by atoms with van der Waals surface area (Å²) < 4.78 is 3.36. The minimum Gasteiger partial charge on any atom is -0.361 e. The molecule has 0 fully saturated rings. The van der Waals surface area contributed by atoms with E-state index in [0.29, 0.717) is 35.9 Å². The molecule has 0 atom stereocenters. The van der Waals surface area contributed by atoms with E-state index in [1.54, 1.807) is 26.5 Å². The highest BCUT2D eigenvalue weighted by atomic mass is 35.5. The van der Waals surface area contributed by atoms with Crippen LogP contribution in [-0.2, 0) is 27.1 Å². The number of halogens is 1. The summed E-state index contributed by atoms with van der Waals surface area (Å²) in [7, 11) is 3.65. The minimum absolute atomic E-state index is 0.129. The number of aromatic amines is 1. The molecule has 1 N–H and O–H groups in total. The number of aromatic nitrogens is 5. The molecule has 0 radical (unpaired) electrons. The van der Waals surface area contributed by atoms with Gasteiger partial charge in [0, 0.05) is 49.6 Å². The molecule has 0 saturated carbocycles. The van der Waals surface area contributed by atoms with Gasteiger partial charge >= 0.3 is 0 Å². The Hall–Kier alpha value is -3.06. The molecule has 8 heteroatoms. The van der Waals surface area contributed by atoms with E-state index in [2.05, 4.69) is 21.2 Å². The standard InChI is InChI=1S/C21H23ClN6O/c1-14-10-19(25-27(14)3)21(29)28(13-20-17(22)12-26(2)24-20)9-8-15-11-23-18-7-5-4-6-16(15)18/h4-7,10-12,23H,8-9,13H2,1-3H3. The number of H-pyrrole nitrogens is 1. The molecule has 0 aliphatic rings.